The fourth-order valence-corrected chi connectivity index (χ4v) is 3.94. The smallest absolute Gasteiger partial charge is 0.236 e. The Kier molecular flexibility index (Phi) is 4.68. The van der Waals surface area contributed by atoms with Gasteiger partial charge in [0.1, 0.15) is 5.82 Å². The first kappa shape index (κ1) is 16.7. The van der Waals surface area contributed by atoms with Gasteiger partial charge in [0.15, 0.2) is 10.3 Å². The molecular weight excluding hydrogens is 371 g/mol. The summed E-state index contributed by atoms with van der Waals surface area (Å²) in [7, 11) is 0. The summed E-state index contributed by atoms with van der Waals surface area (Å²) in [5, 5.41) is 3.87. The summed E-state index contributed by atoms with van der Waals surface area (Å²) < 4.78 is 13.9. The summed E-state index contributed by atoms with van der Waals surface area (Å²) in [6.45, 7) is 0. The SMILES string of the molecule is O=C(CSc1ncc(-c2ccccc2)[nH]1)Nc1nc2ccc(F)cc2s1. The van der Waals surface area contributed by atoms with Crippen molar-refractivity contribution < 1.29 is 9.18 Å². The molecular formula is C18H13FN4OS2. The third kappa shape index (κ3) is 3.76. The lowest BCUT2D eigenvalue weighted by Gasteiger charge is -2.00. The lowest BCUT2D eigenvalue weighted by Crippen LogP contribution is -2.13. The molecule has 1 amide bonds. The van der Waals surface area contributed by atoms with E-state index in [1.807, 2.05) is 30.3 Å². The minimum atomic E-state index is -0.318. The average Bonchev–Trinajstić information content (AvgIpc) is 3.27. The number of aromatic amines is 1. The number of aromatic nitrogens is 3. The number of hydrogen-bond donors (Lipinski definition) is 2. The minimum Gasteiger partial charge on any atom is -0.333 e. The zero-order chi connectivity index (χ0) is 17.9. The monoisotopic (exact) mass is 384 g/mol. The molecule has 0 aliphatic carbocycles. The van der Waals surface area contributed by atoms with Gasteiger partial charge < -0.3 is 10.3 Å². The van der Waals surface area contributed by atoms with Crippen LogP contribution >= 0.6 is 23.1 Å². The van der Waals surface area contributed by atoms with E-state index in [0.29, 0.717) is 20.5 Å². The van der Waals surface area contributed by atoms with E-state index in [1.54, 1.807) is 12.3 Å². The van der Waals surface area contributed by atoms with Gasteiger partial charge in [0, 0.05) is 0 Å². The second-order valence-electron chi connectivity index (χ2n) is 5.44. The predicted octanol–water partition coefficient (Wildman–Crippen LogP) is 4.56. The van der Waals surface area contributed by atoms with Gasteiger partial charge in [-0.3, -0.25) is 4.79 Å². The first-order valence-corrected chi connectivity index (χ1v) is 9.57. The van der Waals surface area contributed by atoms with Crippen LogP contribution in [0.15, 0.2) is 59.9 Å². The van der Waals surface area contributed by atoms with Crippen molar-refractivity contribution in [2.24, 2.45) is 0 Å². The molecule has 0 saturated carbocycles. The van der Waals surface area contributed by atoms with Crippen LogP contribution in [0.1, 0.15) is 0 Å². The van der Waals surface area contributed by atoms with Gasteiger partial charge in [0.05, 0.1) is 27.9 Å². The molecule has 0 fully saturated rings. The highest BCUT2D eigenvalue weighted by Gasteiger charge is 2.10. The highest BCUT2D eigenvalue weighted by Crippen LogP contribution is 2.27. The van der Waals surface area contributed by atoms with Crippen LogP contribution in [0.4, 0.5) is 9.52 Å². The standard InChI is InChI=1S/C18H13FN4OS2/c19-12-6-7-13-15(8-12)26-18(21-13)23-16(24)10-25-17-20-9-14(22-17)11-4-2-1-3-5-11/h1-9H,10H2,(H,20,22)(H,21,23,24). The number of benzene rings is 2. The molecule has 0 aliphatic rings. The molecule has 0 bridgehead atoms. The molecule has 130 valence electrons. The zero-order valence-corrected chi connectivity index (χ0v) is 15.0. The van der Waals surface area contributed by atoms with E-state index in [-0.39, 0.29) is 17.5 Å². The Balaban J connectivity index is 1.37. The molecule has 2 heterocycles. The highest BCUT2D eigenvalue weighted by molar-refractivity contribution is 7.99. The quantitative estimate of drug-likeness (QED) is 0.495. The number of H-pyrrole nitrogens is 1. The summed E-state index contributed by atoms with van der Waals surface area (Å²) in [4.78, 5) is 23.9. The number of rotatable bonds is 5. The van der Waals surface area contributed by atoms with Crippen LogP contribution in [-0.4, -0.2) is 26.6 Å². The lowest BCUT2D eigenvalue weighted by molar-refractivity contribution is -0.113. The number of amides is 1. The Morgan fingerprint density at radius 2 is 2.08 bits per heavy atom. The molecule has 0 spiro atoms. The van der Waals surface area contributed by atoms with E-state index in [1.165, 1.54) is 35.2 Å². The Morgan fingerprint density at radius 1 is 1.23 bits per heavy atom. The van der Waals surface area contributed by atoms with Crippen molar-refractivity contribution in [1.82, 2.24) is 15.0 Å². The minimum absolute atomic E-state index is 0.188. The average molecular weight is 384 g/mol. The molecule has 0 unspecified atom stereocenters. The molecule has 5 nitrogen and oxygen atoms in total. The van der Waals surface area contributed by atoms with E-state index >= 15 is 0 Å². The summed E-state index contributed by atoms with van der Waals surface area (Å²) in [5.41, 5.74) is 2.61. The van der Waals surface area contributed by atoms with E-state index in [0.717, 1.165) is 11.3 Å². The van der Waals surface area contributed by atoms with Crippen molar-refractivity contribution in [3.05, 3.63) is 60.5 Å². The first-order chi connectivity index (χ1) is 12.7. The summed E-state index contributed by atoms with van der Waals surface area (Å²) >= 11 is 2.56. The Hall–Kier alpha value is -2.71. The third-order valence-electron chi connectivity index (χ3n) is 3.57. The summed E-state index contributed by atoms with van der Waals surface area (Å²) in [6.07, 6.45) is 1.75. The molecule has 2 aromatic carbocycles. The van der Waals surface area contributed by atoms with Crippen LogP contribution < -0.4 is 5.32 Å². The maximum Gasteiger partial charge on any atom is 0.236 e. The van der Waals surface area contributed by atoms with Crippen LogP contribution in [0, 0.1) is 5.82 Å². The normalized spacial score (nSPS) is 11.0. The van der Waals surface area contributed by atoms with Crippen LogP contribution in [0.25, 0.3) is 21.5 Å². The van der Waals surface area contributed by atoms with Crippen molar-refractivity contribution >= 4 is 44.4 Å². The highest BCUT2D eigenvalue weighted by atomic mass is 32.2. The molecule has 0 atom stereocenters. The van der Waals surface area contributed by atoms with Gasteiger partial charge >= 0.3 is 0 Å². The van der Waals surface area contributed by atoms with Gasteiger partial charge in [-0.05, 0) is 23.8 Å². The van der Waals surface area contributed by atoms with Crippen molar-refractivity contribution in [3.63, 3.8) is 0 Å². The number of nitrogens with zero attached hydrogens (tertiary/aromatic N) is 2. The van der Waals surface area contributed by atoms with Crippen molar-refractivity contribution in [1.29, 1.82) is 0 Å². The van der Waals surface area contributed by atoms with Gasteiger partial charge in [0.2, 0.25) is 5.91 Å². The Bertz CT molecular complexity index is 1060. The van der Waals surface area contributed by atoms with E-state index in [4.69, 9.17) is 0 Å². The van der Waals surface area contributed by atoms with Gasteiger partial charge in [0.25, 0.3) is 0 Å². The number of hydrogen-bond acceptors (Lipinski definition) is 5. The number of imidazole rings is 1. The number of nitrogens with one attached hydrogen (secondary N) is 2. The topological polar surface area (TPSA) is 70.7 Å². The fraction of sp³-hybridized carbons (Fsp3) is 0.0556. The van der Waals surface area contributed by atoms with E-state index < -0.39 is 0 Å². The summed E-state index contributed by atoms with van der Waals surface area (Å²) in [5.74, 6) is -0.305. The zero-order valence-electron chi connectivity index (χ0n) is 13.4. The fourth-order valence-electron chi connectivity index (χ4n) is 2.38. The molecule has 4 aromatic rings. The number of halogens is 1. The van der Waals surface area contributed by atoms with Gasteiger partial charge in [-0.15, -0.1) is 0 Å². The number of carbonyl (C=O) groups excluding carboxylic acids is 1. The Morgan fingerprint density at radius 3 is 2.92 bits per heavy atom. The molecule has 2 aromatic heterocycles. The molecule has 0 radical (unpaired) electrons. The molecule has 2 N–H and O–H groups in total. The summed E-state index contributed by atoms with van der Waals surface area (Å²) in [6, 6.07) is 14.2. The number of thiazole rings is 1. The van der Waals surface area contributed by atoms with Gasteiger partial charge in [-0.2, -0.15) is 0 Å². The van der Waals surface area contributed by atoms with Crippen LogP contribution in [-0.2, 0) is 4.79 Å². The van der Waals surface area contributed by atoms with Crippen LogP contribution in [0.3, 0.4) is 0 Å². The van der Waals surface area contributed by atoms with E-state index in [2.05, 4.69) is 20.3 Å². The van der Waals surface area contributed by atoms with Crippen molar-refractivity contribution in [3.8, 4) is 11.3 Å². The van der Waals surface area contributed by atoms with Crippen molar-refractivity contribution in [2.45, 2.75) is 5.16 Å². The largest absolute Gasteiger partial charge is 0.333 e. The van der Waals surface area contributed by atoms with Crippen LogP contribution in [0.5, 0.6) is 0 Å². The maximum absolute atomic E-state index is 13.2. The molecule has 0 saturated heterocycles. The van der Waals surface area contributed by atoms with Crippen molar-refractivity contribution in [2.75, 3.05) is 11.1 Å². The molecule has 4 rings (SSSR count). The first-order valence-electron chi connectivity index (χ1n) is 7.76. The second-order valence-corrected chi connectivity index (χ2v) is 7.43. The van der Waals surface area contributed by atoms with Gasteiger partial charge in [-0.1, -0.05) is 53.4 Å². The molecule has 0 aliphatic heterocycles. The lowest BCUT2D eigenvalue weighted by atomic mass is 10.2. The number of fused-ring (bicyclic) bond motifs is 1. The number of carbonyl (C=O) groups is 1. The maximum atomic E-state index is 13.2. The molecule has 26 heavy (non-hydrogen) atoms. The predicted molar refractivity (Wildman–Crippen MR) is 103 cm³/mol. The second kappa shape index (κ2) is 7.27. The third-order valence-corrected chi connectivity index (χ3v) is 5.40. The van der Waals surface area contributed by atoms with Crippen LogP contribution in [0.2, 0.25) is 0 Å². The van der Waals surface area contributed by atoms with Gasteiger partial charge in [-0.25, -0.2) is 14.4 Å². The number of thioether (sulfide) groups is 1. The van der Waals surface area contributed by atoms with E-state index in [9.17, 15) is 9.18 Å². The molecule has 8 heteroatoms. The number of anilines is 1. The Labute approximate surface area is 156 Å².